The molecule has 1 unspecified atom stereocenters. The molecule has 8 heteroatoms. The van der Waals surface area contributed by atoms with Crippen molar-refractivity contribution in [2.75, 3.05) is 32.7 Å². The smallest absolute Gasteiger partial charge is 0.225 e. The molecule has 0 aromatic heterocycles. The Labute approximate surface area is 156 Å². The lowest BCUT2D eigenvalue weighted by atomic mass is 10.2. The van der Waals surface area contributed by atoms with Gasteiger partial charge in [-0.1, -0.05) is 13.8 Å². The van der Waals surface area contributed by atoms with Gasteiger partial charge in [0.2, 0.25) is 11.8 Å². The van der Waals surface area contributed by atoms with Crippen molar-refractivity contribution in [3.05, 3.63) is 0 Å². The van der Waals surface area contributed by atoms with Gasteiger partial charge in [-0.05, 0) is 13.3 Å². The van der Waals surface area contributed by atoms with Crippen LogP contribution >= 0.6 is 24.0 Å². The summed E-state index contributed by atoms with van der Waals surface area (Å²) in [7, 11) is 0. The van der Waals surface area contributed by atoms with Crippen molar-refractivity contribution in [3.63, 3.8) is 0 Å². The zero-order valence-electron chi connectivity index (χ0n) is 14.5. The molecule has 2 amide bonds. The van der Waals surface area contributed by atoms with Crippen LogP contribution in [0.15, 0.2) is 4.99 Å². The maximum atomic E-state index is 12.0. The third kappa shape index (κ3) is 8.38. The third-order valence-corrected chi connectivity index (χ3v) is 3.43. The van der Waals surface area contributed by atoms with Crippen LogP contribution in [0, 0.1) is 5.92 Å². The Morgan fingerprint density at radius 2 is 2.00 bits per heavy atom. The Bertz CT molecular complexity index is 415. The molecule has 0 saturated carbocycles. The van der Waals surface area contributed by atoms with Gasteiger partial charge in [0, 0.05) is 45.1 Å². The number of carbonyl (C=O) groups is 2. The summed E-state index contributed by atoms with van der Waals surface area (Å²) < 4.78 is 0. The van der Waals surface area contributed by atoms with Gasteiger partial charge < -0.3 is 20.9 Å². The Kier molecular flexibility index (Phi) is 10.9. The van der Waals surface area contributed by atoms with Gasteiger partial charge in [0.1, 0.15) is 0 Å². The molecule has 1 heterocycles. The number of nitrogens with zero attached hydrogens (tertiary/aromatic N) is 2. The quantitative estimate of drug-likeness (QED) is 0.244. The summed E-state index contributed by atoms with van der Waals surface area (Å²) in [6.45, 7) is 10.7. The number of aliphatic imine (C=N–C) groups is 1. The average Bonchev–Trinajstić information content (AvgIpc) is 2.91. The van der Waals surface area contributed by atoms with Gasteiger partial charge in [-0.15, -0.1) is 24.0 Å². The predicted molar refractivity (Wildman–Crippen MR) is 103 cm³/mol. The van der Waals surface area contributed by atoms with Crippen LogP contribution < -0.4 is 16.0 Å². The number of amides is 2. The Balaban J connectivity index is 0.00000484. The number of nitrogens with one attached hydrogen (secondary N) is 3. The summed E-state index contributed by atoms with van der Waals surface area (Å²) in [6.07, 6.45) is 0.925. The van der Waals surface area contributed by atoms with E-state index in [0.29, 0.717) is 19.6 Å². The number of carbonyl (C=O) groups excluding carboxylic acids is 2. The minimum atomic E-state index is -0.0493. The minimum Gasteiger partial charge on any atom is -0.357 e. The third-order valence-electron chi connectivity index (χ3n) is 3.43. The van der Waals surface area contributed by atoms with Crippen molar-refractivity contribution < 1.29 is 9.59 Å². The second kappa shape index (κ2) is 11.5. The summed E-state index contributed by atoms with van der Waals surface area (Å²) in [4.78, 5) is 29.1. The van der Waals surface area contributed by atoms with Crippen LogP contribution in [0.25, 0.3) is 0 Å². The molecule has 0 bridgehead atoms. The van der Waals surface area contributed by atoms with Gasteiger partial charge in [0.25, 0.3) is 0 Å². The molecule has 7 nitrogen and oxygen atoms in total. The number of hydrogen-bond donors (Lipinski definition) is 3. The largest absolute Gasteiger partial charge is 0.357 e. The molecule has 1 fully saturated rings. The van der Waals surface area contributed by atoms with Crippen LogP contribution in [0.4, 0.5) is 0 Å². The van der Waals surface area contributed by atoms with Crippen molar-refractivity contribution in [2.24, 2.45) is 10.9 Å². The first-order chi connectivity index (χ1) is 10.4. The fraction of sp³-hybridized carbons (Fsp3) is 0.800. The summed E-state index contributed by atoms with van der Waals surface area (Å²) in [5, 5.41) is 9.26. The van der Waals surface area contributed by atoms with E-state index in [9.17, 15) is 9.59 Å². The molecule has 1 aliphatic rings. The highest BCUT2D eigenvalue weighted by Gasteiger charge is 2.27. The second-order valence-corrected chi connectivity index (χ2v) is 5.81. The SMILES string of the molecule is CCNC(=NCCNC(C)=O)NC1CCN(C(=O)C(C)C)C1.I. The maximum absolute atomic E-state index is 12.0. The van der Waals surface area contributed by atoms with Crippen molar-refractivity contribution in [2.45, 2.75) is 40.2 Å². The molecular formula is C15H30IN5O2. The van der Waals surface area contributed by atoms with E-state index < -0.39 is 0 Å². The minimum absolute atomic E-state index is 0. The van der Waals surface area contributed by atoms with Crippen LogP contribution in [-0.4, -0.2) is 61.4 Å². The molecule has 23 heavy (non-hydrogen) atoms. The van der Waals surface area contributed by atoms with Crippen LogP contribution in [0.1, 0.15) is 34.1 Å². The van der Waals surface area contributed by atoms with E-state index in [0.717, 1.165) is 25.5 Å². The first kappa shape index (κ1) is 21.9. The van der Waals surface area contributed by atoms with Gasteiger partial charge in [-0.25, -0.2) is 0 Å². The zero-order valence-corrected chi connectivity index (χ0v) is 16.8. The van der Waals surface area contributed by atoms with E-state index in [1.807, 2.05) is 25.7 Å². The van der Waals surface area contributed by atoms with Crippen molar-refractivity contribution >= 4 is 41.8 Å². The molecule has 0 aliphatic carbocycles. The molecule has 1 atom stereocenters. The fourth-order valence-electron chi connectivity index (χ4n) is 2.36. The number of guanidine groups is 1. The first-order valence-corrected chi connectivity index (χ1v) is 8.02. The molecule has 134 valence electrons. The monoisotopic (exact) mass is 439 g/mol. The lowest BCUT2D eigenvalue weighted by Crippen LogP contribution is -2.45. The van der Waals surface area contributed by atoms with Gasteiger partial charge in [0.15, 0.2) is 5.96 Å². The topological polar surface area (TPSA) is 85.8 Å². The molecule has 0 spiro atoms. The lowest BCUT2D eigenvalue weighted by molar-refractivity contribution is -0.133. The molecule has 1 rings (SSSR count). The number of rotatable bonds is 6. The van der Waals surface area contributed by atoms with E-state index in [1.54, 1.807) is 0 Å². The van der Waals surface area contributed by atoms with E-state index in [-0.39, 0.29) is 47.8 Å². The normalized spacial score (nSPS) is 17.7. The van der Waals surface area contributed by atoms with Gasteiger partial charge in [-0.2, -0.15) is 0 Å². The highest BCUT2D eigenvalue weighted by molar-refractivity contribution is 14.0. The summed E-state index contributed by atoms with van der Waals surface area (Å²) in [5.41, 5.74) is 0. The molecule has 1 aliphatic heterocycles. The molecule has 0 aromatic rings. The van der Waals surface area contributed by atoms with E-state index >= 15 is 0 Å². The van der Waals surface area contributed by atoms with Crippen LogP contribution in [0.3, 0.4) is 0 Å². The number of halogens is 1. The summed E-state index contributed by atoms with van der Waals surface area (Å²) >= 11 is 0. The van der Waals surface area contributed by atoms with Crippen LogP contribution in [0.5, 0.6) is 0 Å². The fourth-order valence-corrected chi connectivity index (χ4v) is 2.36. The standard InChI is InChI=1S/C15H29N5O2.HI/c1-5-16-15(18-8-7-17-12(4)21)19-13-6-9-20(10-13)14(22)11(2)3;/h11,13H,5-10H2,1-4H3,(H,17,21)(H2,16,18,19);1H. The van der Waals surface area contributed by atoms with Crippen molar-refractivity contribution in [1.82, 2.24) is 20.9 Å². The van der Waals surface area contributed by atoms with E-state index in [1.165, 1.54) is 6.92 Å². The summed E-state index contributed by atoms with van der Waals surface area (Å²) in [5.74, 6) is 0.929. The van der Waals surface area contributed by atoms with Crippen LogP contribution in [0.2, 0.25) is 0 Å². The van der Waals surface area contributed by atoms with Gasteiger partial charge >= 0.3 is 0 Å². The van der Waals surface area contributed by atoms with E-state index in [4.69, 9.17) is 0 Å². The molecule has 3 N–H and O–H groups in total. The van der Waals surface area contributed by atoms with Gasteiger partial charge in [0.05, 0.1) is 6.54 Å². The van der Waals surface area contributed by atoms with E-state index in [2.05, 4.69) is 20.9 Å². The van der Waals surface area contributed by atoms with Crippen molar-refractivity contribution in [1.29, 1.82) is 0 Å². The second-order valence-electron chi connectivity index (χ2n) is 5.81. The average molecular weight is 439 g/mol. The number of hydrogen-bond acceptors (Lipinski definition) is 3. The zero-order chi connectivity index (χ0) is 16.5. The van der Waals surface area contributed by atoms with Gasteiger partial charge in [-0.3, -0.25) is 14.6 Å². The Morgan fingerprint density at radius 1 is 1.30 bits per heavy atom. The molecule has 0 aromatic carbocycles. The number of likely N-dealkylation sites (tertiary alicyclic amines) is 1. The lowest BCUT2D eigenvalue weighted by Gasteiger charge is -2.20. The van der Waals surface area contributed by atoms with Crippen LogP contribution in [-0.2, 0) is 9.59 Å². The first-order valence-electron chi connectivity index (χ1n) is 8.02. The maximum Gasteiger partial charge on any atom is 0.225 e. The predicted octanol–water partition coefficient (Wildman–Crippen LogP) is 0.553. The highest BCUT2D eigenvalue weighted by atomic mass is 127. The Morgan fingerprint density at radius 3 is 2.57 bits per heavy atom. The Hall–Kier alpha value is -1.06. The summed E-state index contributed by atoms with van der Waals surface area (Å²) in [6, 6.07) is 0.223. The molecule has 1 saturated heterocycles. The molecular weight excluding hydrogens is 409 g/mol. The highest BCUT2D eigenvalue weighted by Crippen LogP contribution is 2.12. The van der Waals surface area contributed by atoms with Crippen molar-refractivity contribution in [3.8, 4) is 0 Å². The molecule has 0 radical (unpaired) electrons.